The number of nitrogens with one attached hydrogen (secondary N) is 1. The van der Waals surface area contributed by atoms with Crippen molar-refractivity contribution in [1.82, 2.24) is 7.02 Å². The van der Waals surface area contributed by atoms with Gasteiger partial charge in [0.1, 0.15) is 0 Å². The minimum atomic E-state index is -0.276. The second-order valence-corrected chi connectivity index (χ2v) is 4.28. The Morgan fingerprint density at radius 3 is 2.71 bits per heavy atom. The Morgan fingerprint density at radius 2 is 2.57 bits per heavy atom. The van der Waals surface area contributed by atoms with Crippen molar-refractivity contribution in [2.24, 2.45) is 0 Å². The molecule has 0 rings (SSSR count). The zero-order valence-corrected chi connectivity index (χ0v) is 8.13. The van der Waals surface area contributed by atoms with Crippen LogP contribution in [0.15, 0.2) is 0 Å². The van der Waals surface area contributed by atoms with Gasteiger partial charge < -0.3 is 0 Å². The van der Waals surface area contributed by atoms with Gasteiger partial charge in [-0.3, -0.25) is 0 Å². The molecule has 0 aliphatic carbocycles. The quantitative estimate of drug-likeness (QED) is 0.273. The van der Waals surface area contributed by atoms with Gasteiger partial charge in [0.15, 0.2) is 0 Å². The van der Waals surface area contributed by atoms with Crippen LogP contribution in [0, 0.1) is 5.21 Å². The third-order valence-corrected chi connectivity index (χ3v) is 3.20. The molecule has 5 heteroatoms. The van der Waals surface area contributed by atoms with E-state index in [1.54, 1.807) is 0 Å². The van der Waals surface area contributed by atoms with Gasteiger partial charge in [0.05, 0.1) is 0 Å². The molecule has 0 aromatic carbocycles. The van der Waals surface area contributed by atoms with Crippen molar-refractivity contribution in [3.63, 3.8) is 0 Å². The molecule has 46 valence electrons. The van der Waals surface area contributed by atoms with E-state index in [0.29, 0.717) is 0 Å². The summed E-state index contributed by atoms with van der Waals surface area (Å²) in [4.78, 5) is 0. The summed E-state index contributed by atoms with van der Waals surface area (Å²) in [6.07, 6.45) is 0. The van der Waals surface area contributed by atoms with Gasteiger partial charge in [0, 0.05) is 0 Å². The van der Waals surface area contributed by atoms with Crippen LogP contribution in [0.3, 0.4) is 0 Å². The average Bonchev–Trinajstić information content (AvgIpc) is 1.68. The zero-order chi connectivity index (χ0) is 5.70. The van der Waals surface area contributed by atoms with Crippen molar-refractivity contribution in [3.8, 4) is 0 Å². The zero-order valence-electron chi connectivity index (χ0n) is 3.82. The fourth-order valence-electron chi connectivity index (χ4n) is 0.131. The number of hydrogen-bond donors (Lipinski definition) is 1. The summed E-state index contributed by atoms with van der Waals surface area (Å²) >= 11 is 1.55. The van der Waals surface area contributed by atoms with Gasteiger partial charge in [-0.15, -0.1) is 0 Å². The monoisotopic (exact) mass is 328 g/mol. The van der Waals surface area contributed by atoms with E-state index in [4.69, 9.17) is 0 Å². The second-order valence-electron chi connectivity index (χ2n) is 0.716. The Hall–Kier alpha value is 1.34. The summed E-state index contributed by atoms with van der Waals surface area (Å²) in [7, 11) is 0. The van der Waals surface area contributed by atoms with Crippen LogP contribution in [0.5, 0.6) is 0 Å². The molecular formula is C2H6I2N2O-2. The molecule has 0 bridgehead atoms. The summed E-state index contributed by atoms with van der Waals surface area (Å²) in [5, 5.41) is 10.3. The van der Waals surface area contributed by atoms with E-state index >= 15 is 0 Å². The van der Waals surface area contributed by atoms with Gasteiger partial charge in [-0.1, -0.05) is 0 Å². The molecule has 0 aliphatic rings. The van der Waals surface area contributed by atoms with Crippen LogP contribution in [0.1, 0.15) is 6.92 Å². The van der Waals surface area contributed by atoms with Gasteiger partial charge in [-0.05, 0) is 0 Å². The summed E-state index contributed by atoms with van der Waals surface area (Å²) < 4.78 is 4.36. The minimum absolute atomic E-state index is 0.276. The Balaban J connectivity index is 2.83. The maximum absolute atomic E-state index is 10.3. The van der Waals surface area contributed by atoms with Gasteiger partial charge in [0.2, 0.25) is 0 Å². The van der Waals surface area contributed by atoms with Gasteiger partial charge in [-0.2, -0.15) is 0 Å². The van der Waals surface area contributed by atoms with Crippen molar-refractivity contribution in [2.75, 3.05) is 4.43 Å². The Morgan fingerprint density at radius 1 is 2.00 bits per heavy atom. The molecule has 0 aromatic rings. The van der Waals surface area contributed by atoms with E-state index in [9.17, 15) is 5.21 Å². The van der Waals surface area contributed by atoms with E-state index in [2.05, 4.69) is 3.64 Å². The van der Waals surface area contributed by atoms with Crippen molar-refractivity contribution in [3.05, 3.63) is 5.21 Å². The van der Waals surface area contributed by atoms with Crippen molar-refractivity contribution >= 4 is 22.9 Å². The van der Waals surface area contributed by atoms with Gasteiger partial charge >= 0.3 is 67.9 Å². The molecule has 0 atom stereocenters. The molecule has 1 N–H and O–H groups in total. The predicted molar refractivity (Wildman–Crippen MR) is 32.9 cm³/mol. The van der Waals surface area contributed by atoms with E-state index < -0.39 is 0 Å². The first kappa shape index (κ1) is 8.34. The summed E-state index contributed by atoms with van der Waals surface area (Å²) in [5.74, 6) is 0. The third kappa shape index (κ3) is 5.21. The number of alkyl halides is 1. The number of rotatable bonds is 3. The van der Waals surface area contributed by atoms with Crippen molar-refractivity contribution < 1.29 is 21.5 Å². The molecule has 0 saturated heterocycles. The van der Waals surface area contributed by atoms with Crippen LogP contribution in [0.4, 0.5) is 0 Å². The molecule has 0 saturated carbocycles. The van der Waals surface area contributed by atoms with Crippen LogP contribution in [0.2, 0.25) is 0 Å². The van der Waals surface area contributed by atoms with E-state index in [1.807, 2.05) is 29.8 Å². The number of halogens is 2. The Kier molecular flexibility index (Phi) is 6.52. The SMILES string of the molecule is CC[I-]N([O-])NI. The fourth-order valence-corrected chi connectivity index (χ4v) is 1.74. The van der Waals surface area contributed by atoms with Crippen molar-refractivity contribution in [2.45, 2.75) is 6.92 Å². The standard InChI is InChI=1S/C2H6I2N2O/c1-2-4-6(7)5-3/h5H,2H2,1H3/q-2. The van der Waals surface area contributed by atoms with E-state index in [0.717, 1.165) is 7.81 Å². The second kappa shape index (κ2) is 5.48. The Bertz CT molecular complexity index is 44.7. The first-order valence-corrected chi connectivity index (χ1v) is 5.31. The van der Waals surface area contributed by atoms with Crippen molar-refractivity contribution in [1.29, 1.82) is 0 Å². The average molecular weight is 328 g/mol. The molecule has 3 nitrogen and oxygen atoms in total. The summed E-state index contributed by atoms with van der Waals surface area (Å²) in [5.41, 5.74) is 0. The number of hydrazine groups is 1. The molecule has 0 aliphatic heterocycles. The van der Waals surface area contributed by atoms with Gasteiger partial charge in [0.25, 0.3) is 0 Å². The molecule has 7 heavy (non-hydrogen) atoms. The van der Waals surface area contributed by atoms with Crippen LogP contribution in [-0.4, -0.2) is 7.81 Å². The summed E-state index contributed by atoms with van der Waals surface area (Å²) in [6.45, 7) is 2.01. The molecule has 0 unspecified atom stereocenters. The predicted octanol–water partition coefficient (Wildman–Crippen LogP) is -2.34. The maximum atomic E-state index is 10.3. The number of hydrogen-bond acceptors (Lipinski definition) is 3. The third-order valence-electron chi connectivity index (χ3n) is 0.295. The molecule has 0 spiro atoms. The fraction of sp³-hybridized carbons (Fsp3) is 1.00. The van der Waals surface area contributed by atoms with E-state index in [1.165, 1.54) is 0 Å². The van der Waals surface area contributed by atoms with Crippen LogP contribution >= 0.6 is 22.9 Å². The first-order valence-electron chi connectivity index (χ1n) is 1.74. The number of nitrogens with zero attached hydrogens (tertiary/aromatic N) is 1. The van der Waals surface area contributed by atoms with E-state index in [-0.39, 0.29) is 21.5 Å². The molecular weight excluding hydrogens is 322 g/mol. The van der Waals surface area contributed by atoms with Crippen LogP contribution < -0.4 is 25.1 Å². The molecule has 0 aromatic heterocycles. The first-order chi connectivity index (χ1) is 3.31. The van der Waals surface area contributed by atoms with Crippen LogP contribution in [0.25, 0.3) is 0 Å². The molecule has 0 amide bonds. The normalized spacial score (nSPS) is 10.9. The van der Waals surface area contributed by atoms with Crippen LogP contribution in [-0.2, 0) is 0 Å². The Labute approximate surface area is 67.5 Å². The van der Waals surface area contributed by atoms with Gasteiger partial charge in [-0.25, -0.2) is 0 Å². The molecule has 0 heterocycles. The molecule has 0 radical (unpaired) electrons. The topological polar surface area (TPSA) is 38.3 Å². The molecule has 0 fully saturated rings. The summed E-state index contributed by atoms with van der Waals surface area (Å²) in [6, 6.07) is 0.